The molecule has 0 N–H and O–H groups in total. The molecule has 6 heteroatoms. The number of piperidine rings is 1. The zero-order chi connectivity index (χ0) is 20.1. The molecule has 0 saturated carbocycles. The summed E-state index contributed by atoms with van der Waals surface area (Å²) in [7, 11) is 2.20. The minimum Gasteiger partial charge on any atom is -0.339 e. The Morgan fingerprint density at radius 2 is 1.90 bits per heavy atom. The topological polar surface area (TPSA) is 54.3 Å². The van der Waals surface area contributed by atoms with Crippen LogP contribution in [-0.2, 0) is 6.42 Å². The Bertz CT molecular complexity index is 917. The van der Waals surface area contributed by atoms with E-state index < -0.39 is 0 Å². The molecule has 0 bridgehead atoms. The number of aromatic nitrogens is 3. The van der Waals surface area contributed by atoms with Crippen LogP contribution in [0.25, 0.3) is 5.69 Å². The fraction of sp³-hybridized carbons (Fsp3) is 0.348. The summed E-state index contributed by atoms with van der Waals surface area (Å²) in [5.74, 6) is 0.0948. The molecule has 150 valence electrons. The number of benzene rings is 2. The highest BCUT2D eigenvalue weighted by molar-refractivity contribution is 5.94. The van der Waals surface area contributed by atoms with Gasteiger partial charge in [-0.05, 0) is 50.1 Å². The smallest absolute Gasteiger partial charge is 0.253 e. The second-order valence-corrected chi connectivity index (χ2v) is 7.63. The minimum absolute atomic E-state index is 0.0948. The summed E-state index contributed by atoms with van der Waals surface area (Å²) >= 11 is 0. The Hall–Kier alpha value is -2.99. The third kappa shape index (κ3) is 4.71. The van der Waals surface area contributed by atoms with Gasteiger partial charge in [-0.15, -0.1) is 0 Å². The van der Waals surface area contributed by atoms with Crippen molar-refractivity contribution >= 4 is 5.91 Å². The summed E-state index contributed by atoms with van der Waals surface area (Å²) in [4.78, 5) is 21.4. The molecule has 0 atom stereocenters. The van der Waals surface area contributed by atoms with E-state index in [1.807, 2.05) is 29.2 Å². The summed E-state index contributed by atoms with van der Waals surface area (Å²) in [5.41, 5.74) is 2.93. The molecule has 0 spiro atoms. The molecule has 1 aromatic heterocycles. The van der Waals surface area contributed by atoms with Crippen molar-refractivity contribution in [3.63, 3.8) is 0 Å². The van der Waals surface area contributed by atoms with Gasteiger partial charge >= 0.3 is 0 Å². The first-order valence-corrected chi connectivity index (χ1v) is 10.2. The van der Waals surface area contributed by atoms with Crippen LogP contribution >= 0.6 is 0 Å². The van der Waals surface area contributed by atoms with Crippen LogP contribution in [-0.4, -0.2) is 63.2 Å². The zero-order valence-electron chi connectivity index (χ0n) is 16.8. The number of carbonyl (C=O) groups excluding carboxylic acids is 1. The minimum atomic E-state index is 0.0948. The molecule has 1 fully saturated rings. The third-order valence-electron chi connectivity index (χ3n) is 5.75. The normalized spacial score (nSPS) is 15.0. The lowest BCUT2D eigenvalue weighted by Crippen LogP contribution is -2.46. The van der Waals surface area contributed by atoms with Crippen LogP contribution in [0, 0.1) is 0 Å². The first-order valence-electron chi connectivity index (χ1n) is 10.2. The summed E-state index contributed by atoms with van der Waals surface area (Å²) in [5, 5.41) is 4.14. The van der Waals surface area contributed by atoms with Gasteiger partial charge in [-0.2, -0.15) is 5.10 Å². The molecule has 1 saturated heterocycles. The van der Waals surface area contributed by atoms with E-state index in [4.69, 9.17) is 0 Å². The van der Waals surface area contributed by atoms with Crippen LogP contribution < -0.4 is 0 Å². The molecular weight excluding hydrogens is 362 g/mol. The average molecular weight is 390 g/mol. The van der Waals surface area contributed by atoms with Crippen LogP contribution in [0.4, 0.5) is 0 Å². The summed E-state index contributed by atoms with van der Waals surface area (Å²) in [6, 6.07) is 18.7. The van der Waals surface area contributed by atoms with E-state index in [2.05, 4.69) is 52.4 Å². The average Bonchev–Trinajstić information content (AvgIpc) is 3.33. The van der Waals surface area contributed by atoms with Crippen molar-refractivity contribution in [3.05, 3.63) is 78.4 Å². The van der Waals surface area contributed by atoms with Crippen LogP contribution in [0.2, 0.25) is 0 Å². The van der Waals surface area contributed by atoms with Gasteiger partial charge in [-0.25, -0.2) is 9.67 Å². The Labute approximate surface area is 171 Å². The summed E-state index contributed by atoms with van der Waals surface area (Å²) < 4.78 is 1.67. The van der Waals surface area contributed by atoms with Gasteiger partial charge in [-0.3, -0.25) is 4.79 Å². The molecule has 1 amide bonds. The number of likely N-dealkylation sites (N-methyl/N-ethyl adjacent to an activating group) is 1. The first-order chi connectivity index (χ1) is 14.2. The molecule has 0 radical (unpaired) electrons. The Balaban J connectivity index is 1.31. The van der Waals surface area contributed by atoms with Gasteiger partial charge in [-0.1, -0.05) is 36.4 Å². The molecule has 1 aliphatic rings. The lowest BCUT2D eigenvalue weighted by atomic mass is 10.0. The van der Waals surface area contributed by atoms with Gasteiger partial charge in [0.2, 0.25) is 0 Å². The van der Waals surface area contributed by atoms with Crippen molar-refractivity contribution in [1.29, 1.82) is 0 Å². The monoisotopic (exact) mass is 389 g/mol. The van der Waals surface area contributed by atoms with Crippen LogP contribution in [0.5, 0.6) is 0 Å². The van der Waals surface area contributed by atoms with Gasteiger partial charge in [0.25, 0.3) is 5.91 Å². The molecule has 0 unspecified atom stereocenters. The van der Waals surface area contributed by atoms with E-state index in [9.17, 15) is 4.79 Å². The predicted molar refractivity (Wildman–Crippen MR) is 113 cm³/mol. The highest BCUT2D eigenvalue weighted by Crippen LogP contribution is 2.19. The van der Waals surface area contributed by atoms with Gasteiger partial charge in [0.05, 0.1) is 5.69 Å². The number of likely N-dealkylation sites (tertiary alicyclic amines) is 1. The highest BCUT2D eigenvalue weighted by Gasteiger charge is 2.26. The van der Waals surface area contributed by atoms with E-state index in [-0.39, 0.29) is 5.91 Å². The maximum absolute atomic E-state index is 13.0. The van der Waals surface area contributed by atoms with Gasteiger partial charge in [0.1, 0.15) is 12.7 Å². The maximum atomic E-state index is 13.0. The fourth-order valence-electron chi connectivity index (χ4n) is 3.95. The van der Waals surface area contributed by atoms with Gasteiger partial charge in [0.15, 0.2) is 0 Å². The van der Waals surface area contributed by atoms with Crippen molar-refractivity contribution in [2.75, 3.05) is 26.7 Å². The maximum Gasteiger partial charge on any atom is 0.253 e. The number of hydrogen-bond acceptors (Lipinski definition) is 4. The second-order valence-electron chi connectivity index (χ2n) is 7.63. The van der Waals surface area contributed by atoms with Gasteiger partial charge in [0, 0.05) is 31.2 Å². The highest BCUT2D eigenvalue weighted by atomic mass is 16.2. The number of hydrogen-bond donors (Lipinski definition) is 0. The van der Waals surface area contributed by atoms with E-state index in [0.717, 1.165) is 44.6 Å². The number of amides is 1. The Kier molecular flexibility index (Phi) is 6.00. The van der Waals surface area contributed by atoms with Crippen molar-refractivity contribution < 1.29 is 4.79 Å². The molecule has 0 aliphatic carbocycles. The molecule has 2 aromatic carbocycles. The van der Waals surface area contributed by atoms with E-state index in [1.165, 1.54) is 11.9 Å². The van der Waals surface area contributed by atoms with Crippen LogP contribution in [0.15, 0.2) is 67.3 Å². The lowest BCUT2D eigenvalue weighted by Gasteiger charge is -2.37. The molecule has 2 heterocycles. The molecule has 1 aliphatic heterocycles. The molecule has 4 rings (SSSR count). The standard InChI is InChI=1S/C23H27N5O/c1-26(13-10-19-6-3-2-4-7-19)21-11-14-27(15-12-21)23(29)20-8-5-9-22(16-20)28-18-24-17-25-28/h2-9,16-18,21H,10-15H2,1H3. The van der Waals surface area contributed by atoms with E-state index in [1.54, 1.807) is 11.0 Å². The fourth-order valence-corrected chi connectivity index (χ4v) is 3.95. The van der Waals surface area contributed by atoms with Crippen molar-refractivity contribution in [3.8, 4) is 5.69 Å². The lowest BCUT2D eigenvalue weighted by molar-refractivity contribution is 0.0647. The molecule has 6 nitrogen and oxygen atoms in total. The molecule has 3 aromatic rings. The summed E-state index contributed by atoms with van der Waals surface area (Å²) in [6.45, 7) is 2.64. The van der Waals surface area contributed by atoms with Crippen molar-refractivity contribution in [2.45, 2.75) is 25.3 Å². The third-order valence-corrected chi connectivity index (χ3v) is 5.75. The second kappa shape index (κ2) is 9.01. The van der Waals surface area contributed by atoms with Gasteiger partial charge < -0.3 is 9.80 Å². The first kappa shape index (κ1) is 19.3. The van der Waals surface area contributed by atoms with Crippen LogP contribution in [0.1, 0.15) is 28.8 Å². The SMILES string of the molecule is CN(CCc1ccccc1)C1CCN(C(=O)c2cccc(-n3cncn3)c2)CC1. The summed E-state index contributed by atoms with van der Waals surface area (Å²) in [6.07, 6.45) is 6.22. The Morgan fingerprint density at radius 3 is 2.62 bits per heavy atom. The van der Waals surface area contributed by atoms with Crippen molar-refractivity contribution in [1.82, 2.24) is 24.6 Å². The molecular formula is C23H27N5O. The number of rotatable bonds is 6. The Morgan fingerprint density at radius 1 is 1.10 bits per heavy atom. The van der Waals surface area contributed by atoms with Crippen LogP contribution in [0.3, 0.4) is 0 Å². The van der Waals surface area contributed by atoms with Crippen molar-refractivity contribution in [2.24, 2.45) is 0 Å². The predicted octanol–water partition coefficient (Wildman–Crippen LogP) is 3.05. The quantitative estimate of drug-likeness (QED) is 0.650. The molecule has 29 heavy (non-hydrogen) atoms. The van der Waals surface area contributed by atoms with E-state index in [0.29, 0.717) is 11.6 Å². The largest absolute Gasteiger partial charge is 0.339 e. The zero-order valence-corrected chi connectivity index (χ0v) is 16.8. The van der Waals surface area contributed by atoms with E-state index >= 15 is 0 Å². The number of nitrogens with zero attached hydrogens (tertiary/aromatic N) is 5. The number of carbonyl (C=O) groups is 1.